The van der Waals surface area contributed by atoms with Gasteiger partial charge in [0.2, 0.25) is 0 Å². The van der Waals surface area contributed by atoms with Crippen LogP contribution in [0, 0.1) is 0 Å². The maximum Gasteiger partial charge on any atom is 0.255 e. The van der Waals surface area contributed by atoms with E-state index in [1.807, 2.05) is 18.2 Å². The SMILES string of the molecule is O=c1[nH]c(C2CCCCC2)nc2c1CN(Cc1ccc(-c3ccc(Cl)cc3Cl)o1)CC2. The number of furan rings is 1. The molecule has 1 N–H and O–H groups in total. The molecule has 0 saturated heterocycles. The van der Waals surface area contributed by atoms with Crippen LogP contribution in [0.2, 0.25) is 10.0 Å². The van der Waals surface area contributed by atoms with Gasteiger partial charge in [-0.05, 0) is 43.2 Å². The average molecular weight is 458 g/mol. The van der Waals surface area contributed by atoms with E-state index in [9.17, 15) is 4.79 Å². The van der Waals surface area contributed by atoms with Gasteiger partial charge in [-0.15, -0.1) is 0 Å². The lowest BCUT2D eigenvalue weighted by molar-refractivity contribution is 0.222. The third-order valence-electron chi connectivity index (χ3n) is 6.40. The molecule has 0 unspecified atom stereocenters. The highest BCUT2D eigenvalue weighted by Gasteiger charge is 2.25. The number of aromatic amines is 1. The Labute approximate surface area is 191 Å². The highest BCUT2D eigenvalue weighted by Crippen LogP contribution is 2.33. The van der Waals surface area contributed by atoms with E-state index in [0.717, 1.165) is 54.2 Å². The summed E-state index contributed by atoms with van der Waals surface area (Å²) in [4.78, 5) is 23.0. The second kappa shape index (κ2) is 8.81. The number of hydrogen-bond acceptors (Lipinski definition) is 4. The summed E-state index contributed by atoms with van der Waals surface area (Å²) in [5, 5.41) is 1.16. The van der Waals surface area contributed by atoms with E-state index in [1.54, 1.807) is 12.1 Å². The Hall–Kier alpha value is -2.08. The number of hydrogen-bond donors (Lipinski definition) is 1. The predicted molar refractivity (Wildman–Crippen MR) is 123 cm³/mol. The van der Waals surface area contributed by atoms with E-state index in [1.165, 1.54) is 19.3 Å². The Bertz CT molecular complexity index is 1150. The molecule has 162 valence electrons. The topological polar surface area (TPSA) is 62.1 Å². The normalized spacial score (nSPS) is 17.6. The van der Waals surface area contributed by atoms with Gasteiger partial charge in [-0.3, -0.25) is 9.69 Å². The van der Waals surface area contributed by atoms with Crippen LogP contribution in [0.5, 0.6) is 0 Å². The Morgan fingerprint density at radius 3 is 2.77 bits per heavy atom. The van der Waals surface area contributed by atoms with Crippen molar-refractivity contribution in [1.29, 1.82) is 0 Å². The molecule has 5 nitrogen and oxygen atoms in total. The van der Waals surface area contributed by atoms with Crippen LogP contribution in [0.15, 0.2) is 39.5 Å². The van der Waals surface area contributed by atoms with Crippen molar-refractivity contribution in [2.24, 2.45) is 0 Å². The highest BCUT2D eigenvalue weighted by atomic mass is 35.5. The van der Waals surface area contributed by atoms with Gasteiger partial charge in [0, 0.05) is 36.0 Å². The summed E-state index contributed by atoms with van der Waals surface area (Å²) in [6.07, 6.45) is 6.80. The zero-order valence-corrected chi connectivity index (χ0v) is 18.8. The van der Waals surface area contributed by atoms with Crippen molar-refractivity contribution in [2.75, 3.05) is 6.54 Å². The molecule has 0 spiro atoms. The van der Waals surface area contributed by atoms with Crippen molar-refractivity contribution in [3.05, 3.63) is 73.6 Å². The first-order chi connectivity index (χ1) is 15.1. The summed E-state index contributed by atoms with van der Waals surface area (Å²) in [5.41, 5.74) is 2.59. The molecule has 2 aromatic heterocycles. The van der Waals surface area contributed by atoms with Crippen LogP contribution in [0.4, 0.5) is 0 Å². The molecule has 0 radical (unpaired) electrons. The molecular weight excluding hydrogens is 433 g/mol. The smallest absolute Gasteiger partial charge is 0.255 e. The van der Waals surface area contributed by atoms with E-state index >= 15 is 0 Å². The number of nitrogens with one attached hydrogen (secondary N) is 1. The van der Waals surface area contributed by atoms with Crippen LogP contribution in [0.1, 0.15) is 60.9 Å². The summed E-state index contributed by atoms with van der Waals surface area (Å²) in [6, 6.07) is 9.26. The maximum absolute atomic E-state index is 12.8. The highest BCUT2D eigenvalue weighted by molar-refractivity contribution is 6.36. The van der Waals surface area contributed by atoms with Gasteiger partial charge in [0.05, 0.1) is 22.8 Å². The summed E-state index contributed by atoms with van der Waals surface area (Å²) in [7, 11) is 0. The van der Waals surface area contributed by atoms with Crippen molar-refractivity contribution >= 4 is 23.2 Å². The molecule has 0 amide bonds. The second-order valence-electron chi connectivity index (χ2n) is 8.56. The standard InChI is InChI=1S/C24H25Cl2N3O2/c25-16-6-8-18(20(26)12-16)22-9-7-17(31-22)13-29-11-10-21-19(14-29)24(30)28-23(27-21)15-4-2-1-3-5-15/h6-9,12,15H,1-5,10-11,13-14H2,(H,27,28,30). The first kappa shape index (κ1) is 20.8. The van der Waals surface area contributed by atoms with Crippen LogP contribution in [-0.4, -0.2) is 21.4 Å². The van der Waals surface area contributed by atoms with Crippen molar-refractivity contribution in [3.8, 4) is 11.3 Å². The zero-order valence-electron chi connectivity index (χ0n) is 17.3. The monoisotopic (exact) mass is 457 g/mol. The van der Waals surface area contributed by atoms with Gasteiger partial charge in [-0.2, -0.15) is 0 Å². The number of benzene rings is 1. The molecule has 0 bridgehead atoms. The summed E-state index contributed by atoms with van der Waals surface area (Å²) in [6.45, 7) is 2.07. The zero-order chi connectivity index (χ0) is 21.4. The molecule has 7 heteroatoms. The molecule has 31 heavy (non-hydrogen) atoms. The van der Waals surface area contributed by atoms with Gasteiger partial charge in [0.1, 0.15) is 17.3 Å². The number of nitrogens with zero attached hydrogens (tertiary/aromatic N) is 2. The third kappa shape index (κ3) is 4.45. The van der Waals surface area contributed by atoms with Gasteiger partial charge < -0.3 is 9.40 Å². The number of rotatable bonds is 4. The minimum absolute atomic E-state index is 0.0170. The minimum atomic E-state index is 0.0170. The van der Waals surface area contributed by atoms with Crippen molar-refractivity contribution < 1.29 is 4.42 Å². The van der Waals surface area contributed by atoms with E-state index < -0.39 is 0 Å². The van der Waals surface area contributed by atoms with E-state index in [-0.39, 0.29) is 5.56 Å². The van der Waals surface area contributed by atoms with Crippen molar-refractivity contribution in [3.63, 3.8) is 0 Å². The number of halogens is 2. The van der Waals surface area contributed by atoms with Gasteiger partial charge in [-0.25, -0.2) is 4.98 Å². The molecule has 1 aliphatic heterocycles. The Morgan fingerprint density at radius 2 is 1.97 bits per heavy atom. The van der Waals surface area contributed by atoms with Crippen molar-refractivity contribution in [1.82, 2.24) is 14.9 Å². The van der Waals surface area contributed by atoms with Crippen LogP contribution in [0.3, 0.4) is 0 Å². The van der Waals surface area contributed by atoms with Gasteiger partial charge in [-0.1, -0.05) is 42.5 Å². The van der Waals surface area contributed by atoms with Crippen LogP contribution >= 0.6 is 23.2 Å². The Morgan fingerprint density at radius 1 is 1.13 bits per heavy atom. The molecule has 0 atom stereocenters. The lowest BCUT2D eigenvalue weighted by atomic mass is 9.88. The van der Waals surface area contributed by atoms with Gasteiger partial charge in [0.25, 0.3) is 5.56 Å². The quantitative estimate of drug-likeness (QED) is 0.526. The number of fused-ring (bicyclic) bond motifs is 1. The molecule has 1 aromatic carbocycles. The van der Waals surface area contributed by atoms with Gasteiger partial charge >= 0.3 is 0 Å². The molecule has 2 aliphatic rings. The van der Waals surface area contributed by atoms with Crippen LogP contribution in [-0.2, 0) is 19.5 Å². The lowest BCUT2D eigenvalue weighted by Crippen LogP contribution is -2.36. The Balaban J connectivity index is 1.30. The third-order valence-corrected chi connectivity index (χ3v) is 6.94. The number of aromatic nitrogens is 2. The van der Waals surface area contributed by atoms with Crippen molar-refractivity contribution in [2.45, 2.75) is 57.5 Å². The van der Waals surface area contributed by atoms with Crippen LogP contribution < -0.4 is 5.56 Å². The minimum Gasteiger partial charge on any atom is -0.460 e. The number of H-pyrrole nitrogens is 1. The molecule has 3 aromatic rings. The fourth-order valence-corrected chi connectivity index (χ4v) is 5.22. The molecule has 5 rings (SSSR count). The Kier molecular flexibility index (Phi) is 5.91. The lowest BCUT2D eigenvalue weighted by Gasteiger charge is -2.28. The molecule has 1 saturated carbocycles. The van der Waals surface area contributed by atoms with E-state index in [0.29, 0.717) is 34.8 Å². The van der Waals surface area contributed by atoms with E-state index in [2.05, 4.69) is 9.88 Å². The molecule has 1 fully saturated rings. The molecular formula is C24H25Cl2N3O2. The maximum atomic E-state index is 12.8. The predicted octanol–water partition coefficient (Wildman–Crippen LogP) is 5.94. The molecule has 1 aliphatic carbocycles. The fourth-order valence-electron chi connectivity index (χ4n) is 4.72. The second-order valence-corrected chi connectivity index (χ2v) is 9.41. The van der Waals surface area contributed by atoms with Gasteiger partial charge in [0.15, 0.2) is 0 Å². The average Bonchev–Trinajstić information content (AvgIpc) is 3.22. The fraction of sp³-hybridized carbons (Fsp3) is 0.417. The summed E-state index contributed by atoms with van der Waals surface area (Å²) < 4.78 is 6.04. The molecule has 3 heterocycles. The van der Waals surface area contributed by atoms with Crippen LogP contribution in [0.25, 0.3) is 11.3 Å². The summed E-state index contributed by atoms with van der Waals surface area (Å²) >= 11 is 12.3. The largest absolute Gasteiger partial charge is 0.460 e. The summed E-state index contributed by atoms with van der Waals surface area (Å²) in [5.74, 6) is 2.86. The van der Waals surface area contributed by atoms with E-state index in [4.69, 9.17) is 32.6 Å². The first-order valence-electron chi connectivity index (χ1n) is 11.0. The first-order valence-corrected chi connectivity index (χ1v) is 11.7.